The maximum Gasteiger partial charge on any atom is 0.257 e. The Labute approximate surface area is 136 Å². The van der Waals surface area contributed by atoms with Crippen LogP contribution >= 0.6 is 0 Å². The highest BCUT2D eigenvalue weighted by Crippen LogP contribution is 2.23. The molecule has 1 saturated heterocycles. The third-order valence-corrected chi connectivity index (χ3v) is 5.40. The molecule has 0 radical (unpaired) electrons. The Kier molecular flexibility index (Phi) is 4.50. The van der Waals surface area contributed by atoms with Gasteiger partial charge in [-0.2, -0.15) is 4.98 Å². The summed E-state index contributed by atoms with van der Waals surface area (Å²) >= 11 is 0. The van der Waals surface area contributed by atoms with Crippen LogP contribution in [0, 0.1) is 5.92 Å². The highest BCUT2D eigenvalue weighted by atomic mass is 32.2. The van der Waals surface area contributed by atoms with Crippen molar-refractivity contribution in [3.63, 3.8) is 0 Å². The van der Waals surface area contributed by atoms with Gasteiger partial charge in [0.05, 0.1) is 4.90 Å². The number of likely N-dealkylation sites (tertiary alicyclic amines) is 1. The van der Waals surface area contributed by atoms with Crippen LogP contribution in [0.5, 0.6) is 0 Å². The van der Waals surface area contributed by atoms with Gasteiger partial charge in [0.2, 0.25) is 0 Å². The van der Waals surface area contributed by atoms with Gasteiger partial charge in [-0.25, -0.2) is 8.42 Å². The maximum absolute atomic E-state index is 11.6. The van der Waals surface area contributed by atoms with E-state index in [1.54, 1.807) is 24.3 Å². The van der Waals surface area contributed by atoms with E-state index in [9.17, 15) is 8.42 Å². The summed E-state index contributed by atoms with van der Waals surface area (Å²) in [5.41, 5.74) is 0.634. The minimum absolute atomic E-state index is 0.255. The molecule has 2 heterocycles. The molecule has 0 aliphatic carbocycles. The molecule has 0 amide bonds. The van der Waals surface area contributed by atoms with E-state index in [1.807, 2.05) is 0 Å². The molecule has 0 bridgehead atoms. The summed E-state index contributed by atoms with van der Waals surface area (Å²) in [6.07, 6.45) is 4.28. The third kappa shape index (κ3) is 3.97. The van der Waals surface area contributed by atoms with Crippen molar-refractivity contribution in [2.75, 3.05) is 26.4 Å². The molecule has 0 atom stereocenters. The smallest absolute Gasteiger partial charge is 0.257 e. The number of nitrogens with zero attached hydrogens (tertiary/aromatic N) is 3. The first kappa shape index (κ1) is 16.1. The molecule has 6 nitrogen and oxygen atoms in total. The van der Waals surface area contributed by atoms with Gasteiger partial charge in [0.25, 0.3) is 5.89 Å². The molecule has 0 N–H and O–H groups in total. The van der Waals surface area contributed by atoms with Gasteiger partial charge in [0, 0.05) is 18.2 Å². The quantitative estimate of drug-likeness (QED) is 0.851. The van der Waals surface area contributed by atoms with Crippen molar-refractivity contribution in [2.45, 2.75) is 24.2 Å². The molecule has 1 aliphatic rings. The Balaban J connectivity index is 1.74. The fourth-order valence-electron chi connectivity index (χ4n) is 2.84. The number of rotatable bonds is 4. The van der Waals surface area contributed by atoms with Crippen molar-refractivity contribution in [2.24, 2.45) is 5.92 Å². The van der Waals surface area contributed by atoms with Crippen LogP contribution in [0.2, 0.25) is 0 Å². The summed E-state index contributed by atoms with van der Waals surface area (Å²) in [5, 5.41) is 4.05. The van der Waals surface area contributed by atoms with Gasteiger partial charge in [-0.15, -0.1) is 0 Å². The van der Waals surface area contributed by atoms with Gasteiger partial charge in [0.15, 0.2) is 15.7 Å². The Hall–Kier alpha value is -1.73. The summed E-state index contributed by atoms with van der Waals surface area (Å²) in [4.78, 5) is 7.01. The lowest BCUT2D eigenvalue weighted by atomic mass is 9.94. The largest absolute Gasteiger partial charge is 0.334 e. The fraction of sp³-hybridized carbons (Fsp3) is 0.500. The SMILES string of the molecule is CN1CCC(Cc2noc(-c3cccc(S(C)(=O)=O)c3)n2)CC1. The minimum atomic E-state index is -3.25. The highest BCUT2D eigenvalue weighted by molar-refractivity contribution is 7.90. The summed E-state index contributed by atoms with van der Waals surface area (Å²) in [6.45, 7) is 2.21. The van der Waals surface area contributed by atoms with E-state index in [1.165, 1.54) is 6.26 Å². The van der Waals surface area contributed by atoms with E-state index >= 15 is 0 Å². The van der Waals surface area contributed by atoms with Crippen LogP contribution in [-0.2, 0) is 16.3 Å². The van der Waals surface area contributed by atoms with Crippen LogP contribution < -0.4 is 0 Å². The average Bonchev–Trinajstić information content (AvgIpc) is 2.97. The van der Waals surface area contributed by atoms with Crippen molar-refractivity contribution in [1.82, 2.24) is 15.0 Å². The molecule has 1 aromatic carbocycles. The molecule has 0 unspecified atom stereocenters. The minimum Gasteiger partial charge on any atom is -0.334 e. The highest BCUT2D eigenvalue weighted by Gasteiger charge is 2.20. The predicted molar refractivity (Wildman–Crippen MR) is 86.8 cm³/mol. The van der Waals surface area contributed by atoms with Crippen LogP contribution in [0.3, 0.4) is 0 Å². The summed E-state index contributed by atoms with van der Waals surface area (Å²) < 4.78 is 28.6. The van der Waals surface area contributed by atoms with Crippen LogP contribution in [-0.4, -0.2) is 49.9 Å². The average molecular weight is 335 g/mol. The third-order valence-electron chi connectivity index (χ3n) is 4.29. The number of piperidine rings is 1. The molecule has 2 aromatic rings. The van der Waals surface area contributed by atoms with E-state index in [-0.39, 0.29) is 4.90 Å². The monoisotopic (exact) mass is 335 g/mol. The molecule has 1 aliphatic heterocycles. The second-order valence-corrected chi connectivity index (χ2v) is 8.28. The zero-order valence-electron chi connectivity index (χ0n) is 13.4. The first-order valence-electron chi connectivity index (χ1n) is 7.73. The molecular formula is C16H21N3O3S. The van der Waals surface area contributed by atoms with Crippen molar-refractivity contribution < 1.29 is 12.9 Å². The van der Waals surface area contributed by atoms with Gasteiger partial charge in [-0.3, -0.25) is 0 Å². The molecular weight excluding hydrogens is 314 g/mol. The summed E-state index contributed by atoms with van der Waals surface area (Å²) in [7, 11) is -1.11. The zero-order valence-corrected chi connectivity index (χ0v) is 14.2. The Morgan fingerprint density at radius 1 is 1.30 bits per heavy atom. The molecule has 23 heavy (non-hydrogen) atoms. The van der Waals surface area contributed by atoms with Gasteiger partial charge < -0.3 is 9.42 Å². The fourth-order valence-corrected chi connectivity index (χ4v) is 3.51. The maximum atomic E-state index is 11.6. The standard InChI is InChI=1S/C16H21N3O3S/c1-19-8-6-12(7-9-19)10-15-17-16(22-18-15)13-4-3-5-14(11-13)23(2,20)21/h3-5,11-12H,6-10H2,1-2H3. The summed E-state index contributed by atoms with van der Waals surface area (Å²) in [6, 6.07) is 6.60. The van der Waals surface area contributed by atoms with E-state index < -0.39 is 9.84 Å². The van der Waals surface area contributed by atoms with E-state index in [2.05, 4.69) is 22.1 Å². The van der Waals surface area contributed by atoms with Crippen molar-refractivity contribution >= 4 is 9.84 Å². The van der Waals surface area contributed by atoms with Gasteiger partial charge >= 0.3 is 0 Å². The Bertz CT molecular complexity index is 777. The second-order valence-electron chi connectivity index (χ2n) is 6.27. The first-order chi connectivity index (χ1) is 10.9. The predicted octanol–water partition coefficient (Wildman–Crippen LogP) is 2.02. The van der Waals surface area contributed by atoms with Crippen LogP contribution in [0.15, 0.2) is 33.7 Å². The Morgan fingerprint density at radius 3 is 2.74 bits per heavy atom. The topological polar surface area (TPSA) is 76.3 Å². The van der Waals surface area contributed by atoms with Crippen LogP contribution in [0.4, 0.5) is 0 Å². The lowest BCUT2D eigenvalue weighted by Crippen LogP contribution is -2.31. The van der Waals surface area contributed by atoms with E-state index in [0.717, 1.165) is 32.4 Å². The van der Waals surface area contributed by atoms with Gasteiger partial charge in [-0.1, -0.05) is 11.2 Å². The number of sulfone groups is 1. The number of hydrogen-bond donors (Lipinski definition) is 0. The molecule has 1 fully saturated rings. The van der Waals surface area contributed by atoms with E-state index in [0.29, 0.717) is 23.2 Å². The van der Waals surface area contributed by atoms with Crippen LogP contribution in [0.25, 0.3) is 11.5 Å². The number of aromatic nitrogens is 2. The van der Waals surface area contributed by atoms with Crippen LogP contribution in [0.1, 0.15) is 18.7 Å². The molecule has 3 rings (SSSR count). The Morgan fingerprint density at radius 2 is 2.04 bits per heavy atom. The molecule has 1 aromatic heterocycles. The molecule has 0 spiro atoms. The lowest BCUT2D eigenvalue weighted by molar-refractivity contribution is 0.216. The zero-order chi connectivity index (χ0) is 16.4. The van der Waals surface area contributed by atoms with Crippen molar-refractivity contribution in [1.29, 1.82) is 0 Å². The number of hydrogen-bond acceptors (Lipinski definition) is 6. The lowest BCUT2D eigenvalue weighted by Gasteiger charge is -2.27. The normalized spacial score (nSPS) is 17.5. The van der Waals surface area contributed by atoms with Crippen molar-refractivity contribution in [3.8, 4) is 11.5 Å². The summed E-state index contributed by atoms with van der Waals surface area (Å²) in [5.74, 6) is 1.65. The first-order valence-corrected chi connectivity index (χ1v) is 9.62. The van der Waals surface area contributed by atoms with Gasteiger partial charge in [-0.05, 0) is 57.1 Å². The molecule has 7 heteroatoms. The van der Waals surface area contributed by atoms with Crippen molar-refractivity contribution in [3.05, 3.63) is 30.1 Å². The van der Waals surface area contributed by atoms with E-state index in [4.69, 9.17) is 4.52 Å². The number of benzene rings is 1. The van der Waals surface area contributed by atoms with Gasteiger partial charge in [0.1, 0.15) is 0 Å². The molecule has 124 valence electrons. The second kappa shape index (κ2) is 6.41. The molecule has 0 saturated carbocycles.